The second-order valence-corrected chi connectivity index (χ2v) is 7.48. The molecule has 1 fully saturated rings. The molecule has 0 N–H and O–H groups in total. The van der Waals surface area contributed by atoms with Crippen molar-refractivity contribution in [2.24, 2.45) is 0 Å². The molecule has 2 aromatic rings. The number of nitrogens with zero attached hydrogens (tertiary/aromatic N) is 2. The quantitative estimate of drug-likeness (QED) is 0.801. The van der Waals surface area contributed by atoms with E-state index in [2.05, 4.69) is 4.98 Å². The van der Waals surface area contributed by atoms with Crippen LogP contribution in [0.4, 0.5) is 0 Å². The number of ether oxygens (including phenoxy) is 3. The zero-order valence-corrected chi connectivity index (χ0v) is 14.7. The monoisotopic (exact) mass is 364 g/mol. The Balaban J connectivity index is 1.77. The first kappa shape index (κ1) is 17.7. The van der Waals surface area contributed by atoms with Crippen molar-refractivity contribution in [3.05, 3.63) is 48.8 Å². The summed E-state index contributed by atoms with van der Waals surface area (Å²) in [4.78, 5) is 4.21. The Morgan fingerprint density at radius 1 is 1.20 bits per heavy atom. The van der Waals surface area contributed by atoms with Crippen molar-refractivity contribution in [1.29, 1.82) is 0 Å². The first-order valence-electron chi connectivity index (χ1n) is 7.88. The average molecular weight is 364 g/mol. The molecule has 3 rings (SSSR count). The smallest absolute Gasteiger partial charge is 0.243 e. The van der Waals surface area contributed by atoms with Gasteiger partial charge in [-0.1, -0.05) is 0 Å². The summed E-state index contributed by atoms with van der Waals surface area (Å²) in [6.45, 7) is 1.14. The van der Waals surface area contributed by atoms with Gasteiger partial charge in [0.2, 0.25) is 10.0 Å². The van der Waals surface area contributed by atoms with E-state index in [-0.39, 0.29) is 18.0 Å². The van der Waals surface area contributed by atoms with Crippen molar-refractivity contribution in [3.63, 3.8) is 0 Å². The highest BCUT2D eigenvalue weighted by Crippen LogP contribution is 2.21. The second kappa shape index (κ2) is 7.81. The standard InChI is InChI=1S/C17H20N2O5S/c1-22-14-4-6-17(7-5-14)25(20,21)19-9-10-23-13-16(12-19)24-15-3-2-8-18-11-15/h2-8,11,16H,9-10,12-13H2,1H3/t16-/m1/s1. The van der Waals surface area contributed by atoms with Crippen LogP contribution in [0.5, 0.6) is 11.5 Å². The minimum absolute atomic E-state index is 0.212. The maximum absolute atomic E-state index is 12.9. The Bertz CT molecular complexity index is 780. The fourth-order valence-electron chi connectivity index (χ4n) is 2.55. The summed E-state index contributed by atoms with van der Waals surface area (Å²) in [6, 6.07) is 9.88. The molecular formula is C17H20N2O5S. The van der Waals surface area contributed by atoms with Gasteiger partial charge in [-0.3, -0.25) is 4.98 Å². The second-order valence-electron chi connectivity index (χ2n) is 5.54. The lowest BCUT2D eigenvalue weighted by Gasteiger charge is -2.23. The SMILES string of the molecule is COc1ccc(S(=O)(=O)N2CCOC[C@H](Oc3cccnc3)C2)cc1. The number of aromatic nitrogens is 1. The van der Waals surface area contributed by atoms with Gasteiger partial charge in [-0.05, 0) is 36.4 Å². The van der Waals surface area contributed by atoms with Crippen molar-refractivity contribution < 1.29 is 22.6 Å². The Morgan fingerprint density at radius 3 is 2.68 bits per heavy atom. The number of rotatable bonds is 5. The van der Waals surface area contributed by atoms with Crippen LogP contribution >= 0.6 is 0 Å². The van der Waals surface area contributed by atoms with E-state index in [1.54, 1.807) is 36.7 Å². The third kappa shape index (κ3) is 4.28. The molecule has 1 atom stereocenters. The summed E-state index contributed by atoms with van der Waals surface area (Å²) in [5.41, 5.74) is 0. The van der Waals surface area contributed by atoms with E-state index in [1.807, 2.05) is 0 Å². The summed E-state index contributed by atoms with van der Waals surface area (Å²) in [6.07, 6.45) is 2.84. The molecule has 1 aromatic carbocycles. The van der Waals surface area contributed by atoms with Gasteiger partial charge in [-0.15, -0.1) is 0 Å². The van der Waals surface area contributed by atoms with Gasteiger partial charge in [0.15, 0.2) is 0 Å². The first-order valence-corrected chi connectivity index (χ1v) is 9.32. The van der Waals surface area contributed by atoms with Gasteiger partial charge in [-0.25, -0.2) is 8.42 Å². The first-order chi connectivity index (χ1) is 12.1. The molecule has 0 aliphatic carbocycles. The summed E-state index contributed by atoms with van der Waals surface area (Å²) in [5, 5.41) is 0. The molecule has 0 bridgehead atoms. The van der Waals surface area contributed by atoms with E-state index in [9.17, 15) is 8.42 Å². The van der Waals surface area contributed by atoms with Gasteiger partial charge < -0.3 is 14.2 Å². The summed E-state index contributed by atoms with van der Waals surface area (Å²) in [7, 11) is -2.10. The maximum atomic E-state index is 12.9. The highest BCUT2D eigenvalue weighted by Gasteiger charge is 2.30. The Morgan fingerprint density at radius 2 is 2.00 bits per heavy atom. The van der Waals surface area contributed by atoms with E-state index in [0.717, 1.165) is 0 Å². The molecule has 0 amide bonds. The number of pyridine rings is 1. The van der Waals surface area contributed by atoms with E-state index < -0.39 is 16.1 Å². The molecule has 1 saturated heterocycles. The molecule has 25 heavy (non-hydrogen) atoms. The van der Waals surface area contributed by atoms with Gasteiger partial charge in [-0.2, -0.15) is 4.31 Å². The van der Waals surface area contributed by atoms with Gasteiger partial charge in [0.05, 0.1) is 38.0 Å². The Kier molecular flexibility index (Phi) is 5.52. The molecule has 134 valence electrons. The van der Waals surface area contributed by atoms with Crippen LogP contribution in [0.1, 0.15) is 0 Å². The Labute approximate surface area is 147 Å². The molecule has 1 aliphatic heterocycles. The number of hydrogen-bond acceptors (Lipinski definition) is 6. The average Bonchev–Trinajstić information content (AvgIpc) is 2.89. The molecule has 7 nitrogen and oxygen atoms in total. The molecule has 0 unspecified atom stereocenters. The topological polar surface area (TPSA) is 78.0 Å². The van der Waals surface area contributed by atoms with Crippen LogP contribution in [-0.4, -0.2) is 57.2 Å². The van der Waals surface area contributed by atoms with Crippen molar-refractivity contribution in [3.8, 4) is 11.5 Å². The van der Waals surface area contributed by atoms with E-state index in [1.165, 1.54) is 23.5 Å². The fourth-order valence-corrected chi connectivity index (χ4v) is 4.00. The highest BCUT2D eigenvalue weighted by atomic mass is 32.2. The van der Waals surface area contributed by atoms with Crippen molar-refractivity contribution in [1.82, 2.24) is 9.29 Å². The van der Waals surface area contributed by atoms with Crippen LogP contribution in [0.2, 0.25) is 0 Å². The van der Waals surface area contributed by atoms with Crippen molar-refractivity contribution in [2.75, 3.05) is 33.4 Å². The molecule has 2 heterocycles. The zero-order valence-electron chi connectivity index (χ0n) is 13.9. The summed E-state index contributed by atoms with van der Waals surface area (Å²) in [5.74, 6) is 1.19. The number of methoxy groups -OCH3 is 1. The number of sulfonamides is 1. The van der Waals surface area contributed by atoms with Crippen LogP contribution in [0, 0.1) is 0 Å². The molecule has 8 heteroatoms. The van der Waals surface area contributed by atoms with E-state index >= 15 is 0 Å². The normalized spacial score (nSPS) is 19.2. The van der Waals surface area contributed by atoms with Crippen LogP contribution < -0.4 is 9.47 Å². The largest absolute Gasteiger partial charge is 0.497 e. The molecule has 0 spiro atoms. The van der Waals surface area contributed by atoms with Gasteiger partial charge in [0.1, 0.15) is 17.6 Å². The molecule has 1 aliphatic rings. The zero-order chi connectivity index (χ0) is 17.7. The predicted molar refractivity (Wildman–Crippen MR) is 91.2 cm³/mol. The molecular weight excluding hydrogens is 344 g/mol. The fraction of sp³-hybridized carbons (Fsp3) is 0.353. The van der Waals surface area contributed by atoms with Gasteiger partial charge >= 0.3 is 0 Å². The van der Waals surface area contributed by atoms with E-state index in [4.69, 9.17) is 14.2 Å². The minimum atomic E-state index is -3.63. The van der Waals surface area contributed by atoms with E-state index in [0.29, 0.717) is 24.7 Å². The Hall–Kier alpha value is -2.16. The van der Waals surface area contributed by atoms with Crippen LogP contribution in [0.3, 0.4) is 0 Å². The number of benzene rings is 1. The summed E-state index contributed by atoms with van der Waals surface area (Å²) >= 11 is 0. The highest BCUT2D eigenvalue weighted by molar-refractivity contribution is 7.89. The molecule has 1 aromatic heterocycles. The van der Waals surface area contributed by atoms with Gasteiger partial charge in [0, 0.05) is 12.7 Å². The lowest BCUT2D eigenvalue weighted by Crippen LogP contribution is -2.39. The van der Waals surface area contributed by atoms with Crippen molar-refractivity contribution >= 4 is 10.0 Å². The summed E-state index contributed by atoms with van der Waals surface area (Å²) < 4.78 is 43.6. The lowest BCUT2D eigenvalue weighted by atomic mass is 10.3. The maximum Gasteiger partial charge on any atom is 0.243 e. The molecule has 0 saturated carbocycles. The van der Waals surface area contributed by atoms with Crippen LogP contribution in [0.25, 0.3) is 0 Å². The van der Waals surface area contributed by atoms with Crippen LogP contribution in [0.15, 0.2) is 53.7 Å². The number of hydrogen-bond donors (Lipinski definition) is 0. The minimum Gasteiger partial charge on any atom is -0.497 e. The van der Waals surface area contributed by atoms with Gasteiger partial charge in [0.25, 0.3) is 0 Å². The van der Waals surface area contributed by atoms with Crippen molar-refractivity contribution in [2.45, 2.75) is 11.0 Å². The predicted octanol–water partition coefficient (Wildman–Crippen LogP) is 1.56. The third-order valence-corrected chi connectivity index (χ3v) is 5.71. The van der Waals surface area contributed by atoms with Crippen LogP contribution in [-0.2, 0) is 14.8 Å². The lowest BCUT2D eigenvalue weighted by molar-refractivity contribution is 0.0721. The molecule has 0 radical (unpaired) electrons. The third-order valence-electron chi connectivity index (χ3n) is 3.83.